The summed E-state index contributed by atoms with van der Waals surface area (Å²) in [5, 5.41) is 0. The molecule has 0 amide bonds. The van der Waals surface area contributed by atoms with Gasteiger partial charge < -0.3 is 15.2 Å². The number of carbonyl (C=O) groups excluding carboxylic acids is 1. The first kappa shape index (κ1) is 14.1. The molecule has 0 spiro atoms. The van der Waals surface area contributed by atoms with Crippen molar-refractivity contribution in [3.63, 3.8) is 0 Å². The van der Waals surface area contributed by atoms with Gasteiger partial charge in [-0.25, -0.2) is 4.79 Å². The summed E-state index contributed by atoms with van der Waals surface area (Å²) in [5.74, 6) is 0.220. The molecular formula is C16H17NO3. The Balaban J connectivity index is 2.18. The van der Waals surface area contributed by atoms with Gasteiger partial charge in [0.25, 0.3) is 0 Å². The topological polar surface area (TPSA) is 61.5 Å². The van der Waals surface area contributed by atoms with Crippen LogP contribution in [-0.2, 0) is 17.9 Å². The van der Waals surface area contributed by atoms with E-state index in [2.05, 4.69) is 0 Å². The molecule has 4 heteroatoms. The highest BCUT2D eigenvalue weighted by Gasteiger charge is 2.10. The molecule has 2 N–H and O–H groups in total. The summed E-state index contributed by atoms with van der Waals surface area (Å²) in [4.78, 5) is 11.5. The first-order valence-electron chi connectivity index (χ1n) is 6.32. The molecular weight excluding hydrogens is 254 g/mol. The van der Waals surface area contributed by atoms with Gasteiger partial charge in [-0.1, -0.05) is 36.4 Å². The second-order valence-electron chi connectivity index (χ2n) is 4.29. The zero-order valence-electron chi connectivity index (χ0n) is 11.3. The minimum Gasteiger partial charge on any atom is -0.489 e. The lowest BCUT2D eigenvalue weighted by atomic mass is 10.1. The Kier molecular flexibility index (Phi) is 4.74. The van der Waals surface area contributed by atoms with E-state index in [0.29, 0.717) is 24.5 Å². The predicted octanol–water partition coefficient (Wildman–Crippen LogP) is 2.51. The highest BCUT2D eigenvalue weighted by atomic mass is 16.5. The SMILES string of the molecule is COC(=O)c1ccc(CN)c(OCc2ccccc2)c1. The van der Waals surface area contributed by atoms with Crippen LogP contribution in [0.2, 0.25) is 0 Å². The Bertz CT molecular complexity index is 582. The largest absolute Gasteiger partial charge is 0.489 e. The molecule has 0 radical (unpaired) electrons. The van der Waals surface area contributed by atoms with E-state index in [1.54, 1.807) is 18.2 Å². The third kappa shape index (κ3) is 3.36. The van der Waals surface area contributed by atoms with Crippen molar-refractivity contribution in [1.29, 1.82) is 0 Å². The number of benzene rings is 2. The second-order valence-corrected chi connectivity index (χ2v) is 4.29. The van der Waals surface area contributed by atoms with Crippen LogP contribution in [0.25, 0.3) is 0 Å². The van der Waals surface area contributed by atoms with Crippen molar-refractivity contribution in [3.8, 4) is 5.75 Å². The quantitative estimate of drug-likeness (QED) is 0.849. The smallest absolute Gasteiger partial charge is 0.337 e. The molecule has 0 aliphatic rings. The summed E-state index contributed by atoms with van der Waals surface area (Å²) in [6.07, 6.45) is 0. The van der Waals surface area contributed by atoms with Crippen molar-refractivity contribution >= 4 is 5.97 Å². The van der Waals surface area contributed by atoms with Crippen molar-refractivity contribution in [2.24, 2.45) is 5.73 Å². The van der Waals surface area contributed by atoms with Crippen molar-refractivity contribution < 1.29 is 14.3 Å². The number of esters is 1. The Morgan fingerprint density at radius 2 is 1.90 bits per heavy atom. The molecule has 4 nitrogen and oxygen atoms in total. The number of methoxy groups -OCH3 is 1. The lowest BCUT2D eigenvalue weighted by molar-refractivity contribution is 0.0600. The van der Waals surface area contributed by atoms with Crippen LogP contribution in [0, 0.1) is 0 Å². The predicted molar refractivity (Wildman–Crippen MR) is 76.4 cm³/mol. The Hall–Kier alpha value is -2.33. The van der Waals surface area contributed by atoms with Crippen LogP contribution in [0.15, 0.2) is 48.5 Å². The molecule has 0 unspecified atom stereocenters. The van der Waals surface area contributed by atoms with E-state index in [1.807, 2.05) is 30.3 Å². The number of rotatable bonds is 5. The minimum absolute atomic E-state index is 0.353. The highest BCUT2D eigenvalue weighted by molar-refractivity contribution is 5.89. The monoisotopic (exact) mass is 271 g/mol. The van der Waals surface area contributed by atoms with Gasteiger partial charge in [0.2, 0.25) is 0 Å². The molecule has 0 aromatic heterocycles. The molecule has 20 heavy (non-hydrogen) atoms. The number of hydrogen-bond donors (Lipinski definition) is 1. The highest BCUT2D eigenvalue weighted by Crippen LogP contribution is 2.22. The van der Waals surface area contributed by atoms with Gasteiger partial charge in [-0.05, 0) is 17.7 Å². The fourth-order valence-electron chi connectivity index (χ4n) is 1.84. The zero-order chi connectivity index (χ0) is 14.4. The van der Waals surface area contributed by atoms with E-state index in [9.17, 15) is 4.79 Å². The molecule has 2 rings (SSSR count). The van der Waals surface area contributed by atoms with E-state index in [4.69, 9.17) is 15.2 Å². The van der Waals surface area contributed by atoms with Gasteiger partial charge in [0.15, 0.2) is 0 Å². The van der Waals surface area contributed by atoms with Crippen LogP contribution < -0.4 is 10.5 Å². The molecule has 2 aromatic carbocycles. The van der Waals surface area contributed by atoms with Crippen LogP contribution in [0.5, 0.6) is 5.75 Å². The van der Waals surface area contributed by atoms with Crippen LogP contribution in [-0.4, -0.2) is 13.1 Å². The van der Waals surface area contributed by atoms with Crippen molar-refractivity contribution in [3.05, 3.63) is 65.2 Å². The molecule has 0 heterocycles. The van der Waals surface area contributed by atoms with Gasteiger partial charge in [-0.15, -0.1) is 0 Å². The standard InChI is InChI=1S/C16H17NO3/c1-19-16(18)13-7-8-14(10-17)15(9-13)20-11-12-5-3-2-4-6-12/h2-9H,10-11,17H2,1H3. The maximum Gasteiger partial charge on any atom is 0.337 e. The number of hydrogen-bond acceptors (Lipinski definition) is 4. The summed E-state index contributed by atoms with van der Waals surface area (Å²) in [6, 6.07) is 14.9. The van der Waals surface area contributed by atoms with Gasteiger partial charge in [-0.2, -0.15) is 0 Å². The van der Waals surface area contributed by atoms with Gasteiger partial charge in [0.1, 0.15) is 12.4 Å². The van der Waals surface area contributed by atoms with Crippen molar-refractivity contribution in [2.45, 2.75) is 13.2 Å². The average Bonchev–Trinajstić information content (AvgIpc) is 2.52. The van der Waals surface area contributed by atoms with Gasteiger partial charge in [-0.3, -0.25) is 0 Å². The number of nitrogens with two attached hydrogens (primary N) is 1. The van der Waals surface area contributed by atoms with Crippen LogP contribution in [0.4, 0.5) is 0 Å². The summed E-state index contributed by atoms with van der Waals surface area (Å²) >= 11 is 0. The third-order valence-corrected chi connectivity index (χ3v) is 2.95. The van der Waals surface area contributed by atoms with Crippen LogP contribution in [0.1, 0.15) is 21.5 Å². The lowest BCUT2D eigenvalue weighted by Gasteiger charge is -2.12. The van der Waals surface area contributed by atoms with Gasteiger partial charge >= 0.3 is 5.97 Å². The Morgan fingerprint density at radius 1 is 1.15 bits per heavy atom. The summed E-state index contributed by atoms with van der Waals surface area (Å²) < 4.78 is 10.5. The Labute approximate surface area is 118 Å². The lowest BCUT2D eigenvalue weighted by Crippen LogP contribution is -2.06. The van der Waals surface area contributed by atoms with E-state index >= 15 is 0 Å². The first-order chi connectivity index (χ1) is 9.74. The molecule has 0 atom stereocenters. The van der Waals surface area contributed by atoms with Crippen LogP contribution >= 0.6 is 0 Å². The molecule has 0 saturated heterocycles. The van der Waals surface area contributed by atoms with E-state index in [1.165, 1.54) is 7.11 Å². The fraction of sp³-hybridized carbons (Fsp3) is 0.188. The normalized spacial score (nSPS) is 10.1. The minimum atomic E-state index is -0.391. The Morgan fingerprint density at radius 3 is 2.55 bits per heavy atom. The van der Waals surface area contributed by atoms with Crippen LogP contribution in [0.3, 0.4) is 0 Å². The molecule has 0 fully saturated rings. The molecule has 0 aliphatic heterocycles. The molecule has 0 saturated carbocycles. The average molecular weight is 271 g/mol. The molecule has 104 valence electrons. The molecule has 2 aromatic rings. The summed E-state index contributed by atoms with van der Waals surface area (Å²) in [6.45, 7) is 0.782. The van der Waals surface area contributed by atoms with Gasteiger partial charge in [0.05, 0.1) is 12.7 Å². The fourth-order valence-corrected chi connectivity index (χ4v) is 1.84. The summed E-state index contributed by atoms with van der Waals surface area (Å²) in [7, 11) is 1.35. The maximum absolute atomic E-state index is 11.5. The third-order valence-electron chi connectivity index (χ3n) is 2.95. The van der Waals surface area contributed by atoms with Crippen molar-refractivity contribution in [2.75, 3.05) is 7.11 Å². The number of carbonyl (C=O) groups is 1. The maximum atomic E-state index is 11.5. The van der Waals surface area contributed by atoms with E-state index < -0.39 is 5.97 Å². The summed E-state index contributed by atoms with van der Waals surface area (Å²) in [5.41, 5.74) is 8.04. The zero-order valence-corrected chi connectivity index (χ0v) is 11.3. The first-order valence-corrected chi connectivity index (χ1v) is 6.32. The molecule has 0 aliphatic carbocycles. The van der Waals surface area contributed by atoms with Gasteiger partial charge in [0, 0.05) is 12.1 Å². The van der Waals surface area contributed by atoms with Crippen molar-refractivity contribution in [1.82, 2.24) is 0 Å². The molecule has 0 bridgehead atoms. The second kappa shape index (κ2) is 6.73. The number of ether oxygens (including phenoxy) is 2. The van der Waals surface area contributed by atoms with E-state index in [0.717, 1.165) is 11.1 Å². The van der Waals surface area contributed by atoms with E-state index in [-0.39, 0.29) is 0 Å².